The molecule has 1 unspecified atom stereocenters. The SMILES string of the molecule is COc1cccc(CNC(C)(C(N)=O)c2cccc(Cl)c2)c1. The van der Waals surface area contributed by atoms with E-state index in [0.29, 0.717) is 11.6 Å². The van der Waals surface area contributed by atoms with Crippen LogP contribution < -0.4 is 15.8 Å². The summed E-state index contributed by atoms with van der Waals surface area (Å²) in [4.78, 5) is 12.0. The van der Waals surface area contributed by atoms with E-state index in [9.17, 15) is 4.79 Å². The maximum Gasteiger partial charge on any atom is 0.242 e. The van der Waals surface area contributed by atoms with Crippen molar-refractivity contribution in [3.63, 3.8) is 0 Å². The highest BCUT2D eigenvalue weighted by molar-refractivity contribution is 6.30. The quantitative estimate of drug-likeness (QED) is 0.860. The normalized spacial score (nSPS) is 13.4. The Bertz CT molecular complexity index is 675. The topological polar surface area (TPSA) is 64.3 Å². The predicted octanol–water partition coefficient (Wildman–Crippen LogP) is 2.84. The number of halogens is 1. The summed E-state index contributed by atoms with van der Waals surface area (Å²) in [6.45, 7) is 2.23. The van der Waals surface area contributed by atoms with Crippen LogP contribution in [0.4, 0.5) is 0 Å². The number of rotatable bonds is 6. The Morgan fingerprint density at radius 3 is 2.64 bits per heavy atom. The van der Waals surface area contributed by atoms with Gasteiger partial charge in [0.15, 0.2) is 0 Å². The molecule has 0 heterocycles. The molecule has 1 atom stereocenters. The molecule has 0 saturated heterocycles. The zero-order valence-corrected chi connectivity index (χ0v) is 13.4. The fraction of sp³-hybridized carbons (Fsp3) is 0.235. The lowest BCUT2D eigenvalue weighted by Crippen LogP contribution is -2.50. The highest BCUT2D eigenvalue weighted by atomic mass is 35.5. The minimum absolute atomic E-state index is 0.460. The van der Waals surface area contributed by atoms with Gasteiger partial charge in [-0.15, -0.1) is 0 Å². The molecule has 0 aliphatic carbocycles. The van der Waals surface area contributed by atoms with Gasteiger partial charge in [0.1, 0.15) is 11.3 Å². The molecule has 0 aliphatic heterocycles. The van der Waals surface area contributed by atoms with Gasteiger partial charge in [0, 0.05) is 11.6 Å². The Morgan fingerprint density at radius 2 is 2.00 bits per heavy atom. The number of ether oxygens (including phenoxy) is 1. The van der Waals surface area contributed by atoms with Gasteiger partial charge in [0.25, 0.3) is 0 Å². The molecule has 5 heteroatoms. The molecule has 1 amide bonds. The number of carbonyl (C=O) groups is 1. The molecule has 0 aromatic heterocycles. The van der Waals surface area contributed by atoms with Crippen molar-refractivity contribution in [3.8, 4) is 5.75 Å². The number of amides is 1. The fourth-order valence-corrected chi connectivity index (χ4v) is 2.38. The summed E-state index contributed by atoms with van der Waals surface area (Å²) in [5, 5.41) is 3.78. The van der Waals surface area contributed by atoms with Crippen molar-refractivity contribution < 1.29 is 9.53 Å². The number of nitrogens with two attached hydrogens (primary N) is 1. The van der Waals surface area contributed by atoms with Crippen molar-refractivity contribution in [2.45, 2.75) is 19.0 Å². The molecule has 3 N–H and O–H groups in total. The van der Waals surface area contributed by atoms with Gasteiger partial charge in [-0.25, -0.2) is 0 Å². The molecule has 2 aromatic carbocycles. The van der Waals surface area contributed by atoms with Crippen molar-refractivity contribution >= 4 is 17.5 Å². The lowest BCUT2D eigenvalue weighted by molar-refractivity contribution is -0.124. The monoisotopic (exact) mass is 318 g/mol. The van der Waals surface area contributed by atoms with Crippen LogP contribution in [-0.4, -0.2) is 13.0 Å². The first-order valence-corrected chi connectivity index (χ1v) is 7.27. The van der Waals surface area contributed by atoms with E-state index in [-0.39, 0.29) is 0 Å². The molecule has 0 spiro atoms. The number of hydrogen-bond donors (Lipinski definition) is 2. The number of benzene rings is 2. The van der Waals surface area contributed by atoms with Crippen molar-refractivity contribution in [1.82, 2.24) is 5.32 Å². The molecule has 0 fully saturated rings. The van der Waals surface area contributed by atoms with Crippen LogP contribution in [0.15, 0.2) is 48.5 Å². The van der Waals surface area contributed by atoms with Crippen LogP contribution in [0.5, 0.6) is 5.75 Å². The second kappa shape index (κ2) is 6.81. The molecule has 22 heavy (non-hydrogen) atoms. The molecule has 0 bridgehead atoms. The van der Waals surface area contributed by atoms with Gasteiger partial charge in [0.05, 0.1) is 7.11 Å². The molecule has 0 radical (unpaired) electrons. The Morgan fingerprint density at radius 1 is 1.27 bits per heavy atom. The largest absolute Gasteiger partial charge is 0.497 e. The minimum Gasteiger partial charge on any atom is -0.497 e. The Hall–Kier alpha value is -2.04. The highest BCUT2D eigenvalue weighted by Crippen LogP contribution is 2.24. The molecule has 4 nitrogen and oxygen atoms in total. The van der Waals surface area contributed by atoms with Crippen molar-refractivity contribution in [2.24, 2.45) is 5.73 Å². The van der Waals surface area contributed by atoms with Gasteiger partial charge < -0.3 is 10.5 Å². The van der Waals surface area contributed by atoms with Gasteiger partial charge in [-0.2, -0.15) is 0 Å². The van der Waals surface area contributed by atoms with E-state index < -0.39 is 11.4 Å². The molecule has 2 rings (SSSR count). The third-order valence-corrected chi connectivity index (χ3v) is 3.91. The number of carbonyl (C=O) groups excluding carboxylic acids is 1. The van der Waals surface area contributed by atoms with E-state index >= 15 is 0 Å². The average molecular weight is 319 g/mol. The summed E-state index contributed by atoms with van der Waals surface area (Å²) >= 11 is 6.02. The number of methoxy groups -OCH3 is 1. The summed E-state index contributed by atoms with van der Waals surface area (Å²) < 4.78 is 5.20. The van der Waals surface area contributed by atoms with Crippen LogP contribution in [0.2, 0.25) is 5.02 Å². The van der Waals surface area contributed by atoms with Gasteiger partial charge >= 0.3 is 0 Å². The lowest BCUT2D eigenvalue weighted by Gasteiger charge is -2.28. The Labute approximate surface area is 135 Å². The molecule has 0 saturated carbocycles. The summed E-state index contributed by atoms with van der Waals surface area (Å²) in [5.41, 5.74) is 6.32. The third kappa shape index (κ3) is 3.59. The molecule has 2 aromatic rings. The second-order valence-corrected chi connectivity index (χ2v) is 5.64. The Balaban J connectivity index is 2.23. The third-order valence-electron chi connectivity index (χ3n) is 3.67. The van der Waals surface area contributed by atoms with E-state index in [4.69, 9.17) is 22.1 Å². The zero-order valence-electron chi connectivity index (χ0n) is 12.6. The second-order valence-electron chi connectivity index (χ2n) is 5.20. The summed E-state index contributed by atoms with van der Waals surface area (Å²) in [5.74, 6) is 0.306. The first kappa shape index (κ1) is 16.3. The van der Waals surface area contributed by atoms with E-state index in [2.05, 4.69) is 5.32 Å². The maximum absolute atomic E-state index is 12.0. The standard InChI is InChI=1S/C17H19ClN2O2/c1-17(16(19)21,13-6-4-7-14(18)10-13)20-11-12-5-3-8-15(9-12)22-2/h3-10,20H,11H2,1-2H3,(H2,19,21). The van der Waals surface area contributed by atoms with Gasteiger partial charge in [-0.1, -0.05) is 35.9 Å². The van der Waals surface area contributed by atoms with E-state index in [0.717, 1.165) is 16.9 Å². The Kier molecular flexibility index (Phi) is 5.06. The van der Waals surface area contributed by atoms with Crippen molar-refractivity contribution in [1.29, 1.82) is 0 Å². The first-order valence-electron chi connectivity index (χ1n) is 6.89. The average Bonchev–Trinajstić information content (AvgIpc) is 2.52. The summed E-state index contributed by atoms with van der Waals surface area (Å²) in [6.07, 6.45) is 0. The molecule has 116 valence electrons. The number of nitrogens with one attached hydrogen (secondary N) is 1. The van der Waals surface area contributed by atoms with Crippen LogP contribution in [-0.2, 0) is 16.9 Å². The van der Waals surface area contributed by atoms with Crippen molar-refractivity contribution in [3.05, 3.63) is 64.7 Å². The highest BCUT2D eigenvalue weighted by Gasteiger charge is 2.32. The van der Waals surface area contributed by atoms with E-state index in [1.165, 1.54) is 0 Å². The van der Waals surface area contributed by atoms with Crippen LogP contribution >= 0.6 is 11.6 Å². The predicted molar refractivity (Wildman–Crippen MR) is 87.8 cm³/mol. The smallest absolute Gasteiger partial charge is 0.242 e. The first-order chi connectivity index (χ1) is 10.5. The zero-order chi connectivity index (χ0) is 16.2. The van der Waals surface area contributed by atoms with Crippen LogP contribution in [0.1, 0.15) is 18.1 Å². The molecule has 0 aliphatic rings. The fourth-order valence-electron chi connectivity index (χ4n) is 2.19. The number of primary amides is 1. The maximum atomic E-state index is 12.0. The van der Waals surface area contributed by atoms with Gasteiger partial charge in [-0.05, 0) is 42.3 Å². The minimum atomic E-state index is -1.01. The summed E-state index contributed by atoms with van der Waals surface area (Å²) in [6, 6.07) is 14.8. The number of hydrogen-bond acceptors (Lipinski definition) is 3. The molecular formula is C17H19ClN2O2. The van der Waals surface area contributed by atoms with Gasteiger partial charge in [0.2, 0.25) is 5.91 Å². The lowest BCUT2D eigenvalue weighted by atomic mass is 9.91. The van der Waals surface area contributed by atoms with Crippen molar-refractivity contribution in [2.75, 3.05) is 7.11 Å². The van der Waals surface area contributed by atoms with Gasteiger partial charge in [-0.3, -0.25) is 10.1 Å². The van der Waals surface area contributed by atoms with Crippen LogP contribution in [0, 0.1) is 0 Å². The summed E-state index contributed by atoms with van der Waals surface area (Å²) in [7, 11) is 1.62. The van der Waals surface area contributed by atoms with Crippen LogP contribution in [0.25, 0.3) is 0 Å². The molecular weight excluding hydrogens is 300 g/mol. The van der Waals surface area contributed by atoms with E-state index in [1.54, 1.807) is 32.2 Å². The van der Waals surface area contributed by atoms with Crippen LogP contribution in [0.3, 0.4) is 0 Å². The van der Waals surface area contributed by atoms with E-state index in [1.807, 2.05) is 30.3 Å².